The lowest BCUT2D eigenvalue weighted by atomic mass is 9.64. The molecule has 1 saturated heterocycles. The van der Waals surface area contributed by atoms with Crippen LogP contribution >= 0.6 is 0 Å². The van der Waals surface area contributed by atoms with E-state index in [-0.39, 0.29) is 5.41 Å². The van der Waals surface area contributed by atoms with Gasteiger partial charge < -0.3 is 5.32 Å². The Bertz CT molecular complexity index is 740. The number of hydrogen-bond donors (Lipinski definition) is 1. The molecule has 1 saturated carbocycles. The van der Waals surface area contributed by atoms with Crippen molar-refractivity contribution >= 4 is 11.5 Å². The molecule has 3 aliphatic rings. The largest absolute Gasteiger partial charge is 0.376 e. The molecule has 24 heavy (non-hydrogen) atoms. The minimum atomic E-state index is 0.174. The van der Waals surface area contributed by atoms with Crippen LogP contribution < -0.4 is 5.32 Å². The van der Waals surface area contributed by atoms with Crippen molar-refractivity contribution in [1.82, 2.24) is 10.2 Å². The Morgan fingerprint density at radius 3 is 2.71 bits per heavy atom. The minimum absolute atomic E-state index is 0.174. The Kier molecular flexibility index (Phi) is 3.89. The van der Waals surface area contributed by atoms with Crippen molar-refractivity contribution in [2.75, 3.05) is 26.7 Å². The number of likely N-dealkylation sites (tertiary alicyclic amines) is 1. The third-order valence-corrected chi connectivity index (χ3v) is 5.91. The maximum atomic E-state index is 4.89. The third kappa shape index (κ3) is 2.36. The van der Waals surface area contributed by atoms with Gasteiger partial charge in [0.25, 0.3) is 0 Å². The zero-order chi connectivity index (χ0) is 16.7. The van der Waals surface area contributed by atoms with Crippen LogP contribution in [0.2, 0.25) is 0 Å². The molecule has 0 radical (unpaired) electrons. The Balaban J connectivity index is 1.62. The molecule has 0 amide bonds. The molecule has 1 aliphatic carbocycles. The van der Waals surface area contributed by atoms with E-state index in [2.05, 4.69) is 48.0 Å². The number of aliphatic imine (C=N–C) groups is 1. The summed E-state index contributed by atoms with van der Waals surface area (Å²) in [5.74, 6) is 8.80. The molecule has 0 unspecified atom stereocenters. The second kappa shape index (κ2) is 5.93. The van der Waals surface area contributed by atoms with E-state index in [1.165, 1.54) is 49.0 Å². The number of benzene rings is 1. The molecule has 1 spiro atoms. The number of nitrogens with one attached hydrogen (secondary N) is 1. The van der Waals surface area contributed by atoms with Crippen LogP contribution in [0.4, 0.5) is 5.69 Å². The molecule has 1 aromatic carbocycles. The van der Waals surface area contributed by atoms with E-state index in [0.717, 1.165) is 30.4 Å². The van der Waals surface area contributed by atoms with Crippen molar-refractivity contribution in [2.45, 2.75) is 44.9 Å². The molecule has 2 fully saturated rings. The fourth-order valence-corrected chi connectivity index (χ4v) is 4.41. The van der Waals surface area contributed by atoms with E-state index >= 15 is 0 Å². The summed E-state index contributed by atoms with van der Waals surface area (Å²) in [5.41, 5.74) is 5.28. The summed E-state index contributed by atoms with van der Waals surface area (Å²) >= 11 is 0. The van der Waals surface area contributed by atoms with Crippen LogP contribution in [-0.4, -0.2) is 37.4 Å². The van der Waals surface area contributed by atoms with Gasteiger partial charge in [0.05, 0.1) is 17.6 Å². The molecule has 1 N–H and O–H groups in total. The Morgan fingerprint density at radius 1 is 1.33 bits per heavy atom. The van der Waals surface area contributed by atoms with Crippen LogP contribution in [0, 0.1) is 17.8 Å². The van der Waals surface area contributed by atoms with E-state index in [4.69, 9.17) is 4.99 Å². The maximum absolute atomic E-state index is 4.89. The first kappa shape index (κ1) is 15.7. The molecule has 1 aromatic rings. The van der Waals surface area contributed by atoms with E-state index in [1.807, 2.05) is 7.05 Å². The molecule has 0 aromatic heterocycles. The predicted octanol–water partition coefficient (Wildman–Crippen LogP) is 3.24. The lowest BCUT2D eigenvalue weighted by Gasteiger charge is -2.40. The molecular weight excluding hydrogens is 294 g/mol. The number of fused-ring (bicyclic) bond motifs is 2. The van der Waals surface area contributed by atoms with Crippen LogP contribution in [-0.2, 0) is 11.8 Å². The van der Waals surface area contributed by atoms with Crippen LogP contribution in [0.25, 0.3) is 0 Å². The number of hydrogen-bond acceptors (Lipinski definition) is 3. The highest BCUT2D eigenvalue weighted by molar-refractivity contribution is 6.01. The number of nitrogens with zero attached hydrogens (tertiary/aromatic N) is 2. The average Bonchev–Trinajstić information content (AvgIpc) is 2.85. The second-order valence-electron chi connectivity index (χ2n) is 7.63. The van der Waals surface area contributed by atoms with Crippen LogP contribution in [0.3, 0.4) is 0 Å². The Hall–Kier alpha value is -1.79. The fourth-order valence-electron chi connectivity index (χ4n) is 4.41. The first-order valence-corrected chi connectivity index (χ1v) is 9.32. The standard InChI is InChI=1S/C21H27N3/c1-4-16-11-18-19(23-20(22-3)21(18)8-6-9-21)12-17(16)7-5-10-24-13-15(2)14-24/h11-12,15H,4,6,8-10,13-14H2,1-3H3,(H,22,23). The van der Waals surface area contributed by atoms with Crippen LogP contribution in [0.5, 0.6) is 0 Å². The normalized spacial score (nSPS) is 21.4. The lowest BCUT2D eigenvalue weighted by molar-refractivity contribution is 0.132. The zero-order valence-corrected chi connectivity index (χ0v) is 15.1. The van der Waals surface area contributed by atoms with Crippen molar-refractivity contribution in [2.24, 2.45) is 10.9 Å². The minimum Gasteiger partial charge on any atom is -0.376 e. The topological polar surface area (TPSA) is 27.6 Å². The SMILES string of the molecule is CCc1cc2c(cc1C#CCN1CC(C)C1)N=C(NC)C21CCC1. The van der Waals surface area contributed by atoms with Gasteiger partial charge in [0.15, 0.2) is 0 Å². The number of aryl methyl sites for hydroxylation is 1. The Labute approximate surface area is 145 Å². The molecule has 2 aliphatic heterocycles. The summed E-state index contributed by atoms with van der Waals surface area (Å²) in [7, 11) is 2.00. The summed E-state index contributed by atoms with van der Waals surface area (Å²) in [6.07, 6.45) is 4.78. The molecule has 4 rings (SSSR count). The molecule has 3 heteroatoms. The average molecular weight is 321 g/mol. The summed E-state index contributed by atoms with van der Waals surface area (Å²) in [6, 6.07) is 4.61. The molecule has 0 bridgehead atoms. The summed E-state index contributed by atoms with van der Waals surface area (Å²) in [5, 5.41) is 3.35. The van der Waals surface area contributed by atoms with Crippen molar-refractivity contribution in [1.29, 1.82) is 0 Å². The van der Waals surface area contributed by atoms with Crippen molar-refractivity contribution in [3.05, 3.63) is 28.8 Å². The van der Waals surface area contributed by atoms with Gasteiger partial charge in [0.2, 0.25) is 0 Å². The van der Waals surface area contributed by atoms with Crippen molar-refractivity contribution < 1.29 is 0 Å². The third-order valence-electron chi connectivity index (χ3n) is 5.91. The van der Waals surface area contributed by atoms with Gasteiger partial charge in [0.1, 0.15) is 5.84 Å². The maximum Gasteiger partial charge on any atom is 0.113 e. The van der Waals surface area contributed by atoms with Crippen molar-refractivity contribution in [3.63, 3.8) is 0 Å². The van der Waals surface area contributed by atoms with Gasteiger partial charge in [-0.05, 0) is 42.4 Å². The van der Waals surface area contributed by atoms with Gasteiger partial charge in [-0.2, -0.15) is 0 Å². The van der Waals surface area contributed by atoms with Gasteiger partial charge in [-0.25, -0.2) is 4.99 Å². The van der Waals surface area contributed by atoms with E-state index in [0.29, 0.717) is 0 Å². The highest BCUT2D eigenvalue weighted by Gasteiger charge is 2.48. The van der Waals surface area contributed by atoms with Gasteiger partial charge in [-0.15, -0.1) is 0 Å². The first-order valence-electron chi connectivity index (χ1n) is 9.32. The van der Waals surface area contributed by atoms with E-state index in [9.17, 15) is 0 Å². The van der Waals surface area contributed by atoms with Gasteiger partial charge in [0, 0.05) is 25.7 Å². The first-order chi connectivity index (χ1) is 11.7. The molecule has 2 heterocycles. The number of rotatable bonds is 2. The summed E-state index contributed by atoms with van der Waals surface area (Å²) in [6.45, 7) is 7.80. The molecule has 0 atom stereocenters. The van der Waals surface area contributed by atoms with Gasteiger partial charge in [-0.1, -0.05) is 38.2 Å². The second-order valence-corrected chi connectivity index (χ2v) is 7.63. The van der Waals surface area contributed by atoms with E-state index in [1.54, 1.807) is 0 Å². The van der Waals surface area contributed by atoms with Crippen LogP contribution in [0.15, 0.2) is 17.1 Å². The van der Waals surface area contributed by atoms with E-state index < -0.39 is 0 Å². The predicted molar refractivity (Wildman–Crippen MR) is 100.0 cm³/mol. The highest BCUT2D eigenvalue weighted by atomic mass is 15.2. The molecular formula is C21H27N3. The summed E-state index contributed by atoms with van der Waals surface area (Å²) < 4.78 is 0. The quantitative estimate of drug-likeness (QED) is 0.847. The lowest BCUT2D eigenvalue weighted by Crippen LogP contribution is -2.45. The molecule has 3 nitrogen and oxygen atoms in total. The monoisotopic (exact) mass is 321 g/mol. The number of amidine groups is 1. The van der Waals surface area contributed by atoms with Gasteiger partial charge in [-0.3, -0.25) is 4.90 Å². The van der Waals surface area contributed by atoms with Gasteiger partial charge >= 0.3 is 0 Å². The van der Waals surface area contributed by atoms with Crippen LogP contribution in [0.1, 0.15) is 49.8 Å². The van der Waals surface area contributed by atoms with Crippen molar-refractivity contribution in [3.8, 4) is 11.8 Å². The molecule has 126 valence electrons. The fraction of sp³-hybridized carbons (Fsp3) is 0.571. The smallest absolute Gasteiger partial charge is 0.113 e. The zero-order valence-electron chi connectivity index (χ0n) is 15.1. The highest BCUT2D eigenvalue weighted by Crippen LogP contribution is 2.52. The Morgan fingerprint density at radius 2 is 2.12 bits per heavy atom. The summed E-state index contributed by atoms with van der Waals surface area (Å²) in [4.78, 5) is 7.30. The number of likely N-dealkylation sites (N-methyl/N-ethyl adjacent to an activating group) is 1.